The van der Waals surface area contributed by atoms with E-state index in [1.54, 1.807) is 7.11 Å². The number of carbonyl (C=O) groups excluding carboxylic acids is 1. The molecular formula is C9H12O2. The fraction of sp³-hybridized carbons (Fsp3) is 0.667. The summed E-state index contributed by atoms with van der Waals surface area (Å²) in [6.07, 6.45) is 6.81. The maximum Gasteiger partial charge on any atom is 0.165 e. The molecule has 2 heteroatoms. The van der Waals surface area contributed by atoms with E-state index in [4.69, 9.17) is 4.74 Å². The summed E-state index contributed by atoms with van der Waals surface area (Å²) in [6, 6.07) is 0. The molecule has 2 rings (SSSR count). The van der Waals surface area contributed by atoms with Crippen molar-refractivity contribution in [2.75, 3.05) is 7.11 Å². The standard InChI is InChI=1S/C9H12O2/c1-11-9-5-3-2-4-7(9)6-8(9)10/h2,4,7H,3,5-6H2,1H3. The van der Waals surface area contributed by atoms with Gasteiger partial charge in [-0.25, -0.2) is 0 Å². The Balaban J connectivity index is 2.26. The van der Waals surface area contributed by atoms with Crippen molar-refractivity contribution < 1.29 is 9.53 Å². The summed E-state index contributed by atoms with van der Waals surface area (Å²) in [5.74, 6) is 0.656. The van der Waals surface area contributed by atoms with Crippen LogP contribution < -0.4 is 0 Å². The van der Waals surface area contributed by atoms with Gasteiger partial charge in [0.1, 0.15) is 5.60 Å². The lowest BCUT2D eigenvalue weighted by Crippen LogP contribution is -2.58. The largest absolute Gasteiger partial charge is 0.370 e. The second-order valence-electron chi connectivity index (χ2n) is 3.29. The van der Waals surface area contributed by atoms with Crippen LogP contribution >= 0.6 is 0 Å². The molecule has 0 saturated heterocycles. The highest BCUT2D eigenvalue weighted by molar-refractivity contribution is 5.95. The Morgan fingerprint density at radius 2 is 2.55 bits per heavy atom. The molecule has 2 aliphatic carbocycles. The van der Waals surface area contributed by atoms with Crippen LogP contribution in [0.1, 0.15) is 19.3 Å². The predicted octanol–water partition coefficient (Wildman–Crippen LogP) is 1.31. The third-order valence-corrected chi connectivity index (χ3v) is 2.89. The first kappa shape index (κ1) is 7.04. The van der Waals surface area contributed by atoms with Crippen molar-refractivity contribution in [3.05, 3.63) is 12.2 Å². The fourth-order valence-corrected chi connectivity index (χ4v) is 2.09. The molecule has 0 aromatic rings. The van der Waals surface area contributed by atoms with Crippen LogP contribution in [0.15, 0.2) is 12.2 Å². The minimum Gasteiger partial charge on any atom is -0.370 e. The second-order valence-corrected chi connectivity index (χ2v) is 3.29. The van der Waals surface area contributed by atoms with E-state index in [0.29, 0.717) is 12.3 Å². The average Bonchev–Trinajstić information content (AvgIpc) is 2.03. The van der Waals surface area contributed by atoms with Crippen LogP contribution in [0.4, 0.5) is 0 Å². The molecule has 0 N–H and O–H groups in total. The van der Waals surface area contributed by atoms with Gasteiger partial charge in [-0.05, 0) is 12.8 Å². The monoisotopic (exact) mass is 152 g/mol. The first-order chi connectivity index (χ1) is 5.29. The van der Waals surface area contributed by atoms with Crippen LogP contribution in [-0.2, 0) is 9.53 Å². The zero-order valence-corrected chi connectivity index (χ0v) is 6.67. The molecule has 0 heterocycles. The van der Waals surface area contributed by atoms with Gasteiger partial charge in [-0.3, -0.25) is 4.79 Å². The van der Waals surface area contributed by atoms with E-state index >= 15 is 0 Å². The summed E-state index contributed by atoms with van der Waals surface area (Å²) in [6.45, 7) is 0. The third kappa shape index (κ3) is 0.732. The van der Waals surface area contributed by atoms with Crippen LogP contribution in [0.3, 0.4) is 0 Å². The normalized spacial score (nSPS) is 41.5. The van der Waals surface area contributed by atoms with Gasteiger partial charge in [0.05, 0.1) is 0 Å². The predicted molar refractivity (Wildman–Crippen MR) is 41.2 cm³/mol. The van der Waals surface area contributed by atoms with Gasteiger partial charge in [0.15, 0.2) is 5.78 Å². The molecule has 60 valence electrons. The highest BCUT2D eigenvalue weighted by atomic mass is 16.5. The number of hydrogen-bond donors (Lipinski definition) is 0. The Morgan fingerprint density at radius 3 is 3.00 bits per heavy atom. The SMILES string of the molecule is COC12CCC=CC1CC2=O. The quantitative estimate of drug-likeness (QED) is 0.529. The van der Waals surface area contributed by atoms with Crippen molar-refractivity contribution in [1.29, 1.82) is 0 Å². The van der Waals surface area contributed by atoms with Gasteiger partial charge < -0.3 is 4.74 Å². The maximum atomic E-state index is 11.3. The molecule has 0 spiro atoms. The second kappa shape index (κ2) is 2.18. The highest BCUT2D eigenvalue weighted by Gasteiger charge is 2.54. The maximum absolute atomic E-state index is 11.3. The van der Waals surface area contributed by atoms with E-state index in [1.165, 1.54) is 0 Å². The molecule has 1 saturated carbocycles. The number of hydrogen-bond acceptors (Lipinski definition) is 2. The summed E-state index contributed by atoms with van der Waals surface area (Å²) in [5, 5.41) is 0. The topological polar surface area (TPSA) is 26.3 Å². The molecule has 2 unspecified atom stereocenters. The lowest BCUT2D eigenvalue weighted by Gasteiger charge is -2.47. The Labute approximate surface area is 66.2 Å². The van der Waals surface area contributed by atoms with Gasteiger partial charge in [-0.15, -0.1) is 0 Å². The Hall–Kier alpha value is -0.630. The molecule has 0 aromatic carbocycles. The number of fused-ring (bicyclic) bond motifs is 1. The van der Waals surface area contributed by atoms with Gasteiger partial charge in [-0.1, -0.05) is 12.2 Å². The molecule has 0 radical (unpaired) electrons. The van der Waals surface area contributed by atoms with E-state index in [0.717, 1.165) is 12.8 Å². The molecule has 2 nitrogen and oxygen atoms in total. The van der Waals surface area contributed by atoms with Gasteiger partial charge >= 0.3 is 0 Å². The molecule has 0 amide bonds. The van der Waals surface area contributed by atoms with Crippen LogP contribution in [-0.4, -0.2) is 18.5 Å². The van der Waals surface area contributed by atoms with E-state index in [1.807, 2.05) is 0 Å². The average molecular weight is 152 g/mol. The Kier molecular flexibility index (Phi) is 1.39. The third-order valence-electron chi connectivity index (χ3n) is 2.89. The Morgan fingerprint density at radius 1 is 1.73 bits per heavy atom. The van der Waals surface area contributed by atoms with Crippen molar-refractivity contribution in [3.8, 4) is 0 Å². The first-order valence-corrected chi connectivity index (χ1v) is 4.05. The molecule has 0 aromatic heterocycles. The number of ketones is 1. The van der Waals surface area contributed by atoms with E-state index in [2.05, 4.69) is 12.2 Å². The fourth-order valence-electron chi connectivity index (χ4n) is 2.09. The van der Waals surface area contributed by atoms with Crippen LogP contribution in [0.5, 0.6) is 0 Å². The van der Waals surface area contributed by atoms with Crippen molar-refractivity contribution in [3.63, 3.8) is 0 Å². The summed E-state index contributed by atoms with van der Waals surface area (Å²) < 4.78 is 5.29. The number of methoxy groups -OCH3 is 1. The summed E-state index contributed by atoms with van der Waals surface area (Å²) >= 11 is 0. The minimum atomic E-state index is -0.408. The number of rotatable bonds is 1. The van der Waals surface area contributed by atoms with Crippen LogP contribution in [0, 0.1) is 5.92 Å². The number of carbonyl (C=O) groups is 1. The van der Waals surface area contributed by atoms with Crippen molar-refractivity contribution in [2.24, 2.45) is 5.92 Å². The molecule has 2 aliphatic rings. The van der Waals surface area contributed by atoms with Crippen LogP contribution in [0.25, 0.3) is 0 Å². The van der Waals surface area contributed by atoms with Crippen LogP contribution in [0.2, 0.25) is 0 Å². The number of ether oxygens (including phenoxy) is 1. The lowest BCUT2D eigenvalue weighted by atomic mass is 9.63. The van der Waals surface area contributed by atoms with E-state index < -0.39 is 5.60 Å². The summed E-state index contributed by atoms with van der Waals surface area (Å²) in [5.41, 5.74) is -0.408. The van der Waals surface area contributed by atoms with Gasteiger partial charge in [0.2, 0.25) is 0 Å². The molecule has 0 bridgehead atoms. The van der Waals surface area contributed by atoms with Crippen molar-refractivity contribution >= 4 is 5.78 Å². The zero-order valence-electron chi connectivity index (χ0n) is 6.67. The molecule has 11 heavy (non-hydrogen) atoms. The van der Waals surface area contributed by atoms with Gasteiger partial charge in [0.25, 0.3) is 0 Å². The Bertz CT molecular complexity index is 220. The van der Waals surface area contributed by atoms with Gasteiger partial charge in [0, 0.05) is 19.4 Å². The van der Waals surface area contributed by atoms with Crippen molar-refractivity contribution in [1.82, 2.24) is 0 Å². The summed E-state index contributed by atoms with van der Waals surface area (Å²) in [4.78, 5) is 11.3. The minimum absolute atomic E-state index is 0.286. The number of allylic oxidation sites excluding steroid dienone is 1. The lowest BCUT2D eigenvalue weighted by molar-refractivity contribution is -0.166. The summed E-state index contributed by atoms with van der Waals surface area (Å²) in [7, 11) is 1.64. The highest BCUT2D eigenvalue weighted by Crippen LogP contribution is 2.44. The molecular weight excluding hydrogens is 140 g/mol. The molecule has 1 fully saturated rings. The van der Waals surface area contributed by atoms with Crippen molar-refractivity contribution in [2.45, 2.75) is 24.9 Å². The smallest absolute Gasteiger partial charge is 0.165 e. The van der Waals surface area contributed by atoms with E-state index in [9.17, 15) is 4.79 Å². The molecule has 2 atom stereocenters. The molecule has 0 aliphatic heterocycles. The first-order valence-electron chi connectivity index (χ1n) is 4.05. The zero-order chi connectivity index (χ0) is 7.90. The number of Topliss-reactive ketones (excluding diaryl/α,β-unsaturated/α-hetero) is 1. The van der Waals surface area contributed by atoms with E-state index in [-0.39, 0.29) is 5.78 Å². The van der Waals surface area contributed by atoms with Gasteiger partial charge in [-0.2, -0.15) is 0 Å².